The molecule has 2 aromatic carbocycles. The number of amides is 3. The average Bonchev–Trinajstić information content (AvgIpc) is 3.23. The lowest BCUT2D eigenvalue weighted by Gasteiger charge is -2.29. The van der Waals surface area contributed by atoms with Gasteiger partial charge < -0.3 is 30.3 Å². The summed E-state index contributed by atoms with van der Waals surface area (Å²) in [5.74, 6) is -4.39. The van der Waals surface area contributed by atoms with Gasteiger partial charge >= 0.3 is 0 Å². The predicted octanol–water partition coefficient (Wildman–Crippen LogP) is 1.15. The Balaban J connectivity index is 1.38. The van der Waals surface area contributed by atoms with Crippen LogP contribution in [0.15, 0.2) is 18.2 Å². The number of benzene rings is 2. The van der Waals surface area contributed by atoms with E-state index >= 15 is 4.39 Å². The smallest absolute Gasteiger partial charge is 0.255 e. The van der Waals surface area contributed by atoms with Crippen LogP contribution in [0, 0.1) is 5.82 Å². The minimum Gasteiger partial charge on any atom is -0.504 e. The zero-order valence-electron chi connectivity index (χ0n) is 19.9. The molecule has 12 heteroatoms. The Morgan fingerprint density at radius 1 is 1.05 bits per heavy atom. The Hall–Kier alpha value is -3.90. The van der Waals surface area contributed by atoms with Crippen molar-refractivity contribution < 1.29 is 38.8 Å². The summed E-state index contributed by atoms with van der Waals surface area (Å²) in [7, 11) is 0. The molecule has 3 amide bonds. The first-order valence-electron chi connectivity index (χ1n) is 12.0. The maximum atomic E-state index is 15.5. The van der Waals surface area contributed by atoms with Crippen LogP contribution in [-0.4, -0.2) is 75.2 Å². The van der Waals surface area contributed by atoms with Crippen molar-refractivity contribution in [3.63, 3.8) is 0 Å². The molecule has 2 saturated heterocycles. The van der Waals surface area contributed by atoms with E-state index in [0.717, 1.165) is 0 Å². The molecular weight excluding hydrogens is 487 g/mol. The molecule has 2 aromatic rings. The molecule has 3 aliphatic heterocycles. The van der Waals surface area contributed by atoms with E-state index in [1.54, 1.807) is 18.2 Å². The van der Waals surface area contributed by atoms with Crippen molar-refractivity contribution in [2.75, 3.05) is 31.6 Å². The highest BCUT2D eigenvalue weighted by Crippen LogP contribution is 2.43. The monoisotopic (exact) mass is 514 g/mol. The van der Waals surface area contributed by atoms with Gasteiger partial charge in [-0.05, 0) is 18.6 Å². The van der Waals surface area contributed by atoms with Crippen molar-refractivity contribution in [3.05, 3.63) is 46.3 Å². The number of carbonyl (C=O) groups is 3. The van der Waals surface area contributed by atoms with Crippen molar-refractivity contribution >= 4 is 23.4 Å². The lowest BCUT2D eigenvalue weighted by atomic mass is 10.0. The fourth-order valence-corrected chi connectivity index (χ4v) is 5.01. The number of fused-ring (bicyclic) bond motifs is 1. The number of carbonyl (C=O) groups excluding carboxylic acids is 3. The number of aromatic hydroxyl groups is 3. The van der Waals surface area contributed by atoms with Gasteiger partial charge in [0.25, 0.3) is 5.91 Å². The number of nitrogens with zero attached hydrogens (tertiary/aromatic N) is 2. The maximum Gasteiger partial charge on any atom is 0.255 e. The van der Waals surface area contributed by atoms with Crippen molar-refractivity contribution in [2.45, 2.75) is 38.5 Å². The van der Waals surface area contributed by atoms with Crippen LogP contribution >= 0.6 is 0 Å². The Morgan fingerprint density at radius 2 is 1.78 bits per heavy atom. The van der Waals surface area contributed by atoms with E-state index < -0.39 is 35.0 Å². The van der Waals surface area contributed by atoms with Gasteiger partial charge in [-0.2, -0.15) is 0 Å². The number of rotatable bonds is 6. The molecule has 1 atom stereocenters. The summed E-state index contributed by atoms with van der Waals surface area (Å²) >= 11 is 0. The Kier molecular flexibility index (Phi) is 6.61. The second-order valence-corrected chi connectivity index (χ2v) is 9.29. The van der Waals surface area contributed by atoms with Crippen LogP contribution in [0.4, 0.5) is 10.1 Å². The van der Waals surface area contributed by atoms with Crippen molar-refractivity contribution in [1.82, 2.24) is 15.1 Å². The second-order valence-electron chi connectivity index (χ2n) is 9.29. The van der Waals surface area contributed by atoms with E-state index in [4.69, 9.17) is 4.74 Å². The highest BCUT2D eigenvalue weighted by Gasteiger charge is 2.40. The molecule has 0 saturated carbocycles. The summed E-state index contributed by atoms with van der Waals surface area (Å²) in [6.07, 6.45) is 0.363. The van der Waals surface area contributed by atoms with E-state index in [9.17, 15) is 29.7 Å². The van der Waals surface area contributed by atoms with E-state index in [2.05, 4.69) is 10.6 Å². The van der Waals surface area contributed by atoms with Crippen molar-refractivity contribution in [3.8, 4) is 17.2 Å². The number of piperidine rings is 1. The number of morpholine rings is 1. The molecule has 5 rings (SSSR count). The van der Waals surface area contributed by atoms with Gasteiger partial charge in [-0.25, -0.2) is 4.39 Å². The van der Waals surface area contributed by atoms with Gasteiger partial charge in [0.1, 0.15) is 11.9 Å². The van der Waals surface area contributed by atoms with Gasteiger partial charge in [-0.3, -0.25) is 24.6 Å². The first-order chi connectivity index (χ1) is 17.8. The van der Waals surface area contributed by atoms with Crippen LogP contribution in [0.25, 0.3) is 0 Å². The average molecular weight is 515 g/mol. The van der Waals surface area contributed by atoms with Crippen LogP contribution in [0.5, 0.6) is 17.2 Å². The fraction of sp³-hybridized carbons (Fsp3) is 0.400. The van der Waals surface area contributed by atoms with Crippen LogP contribution in [0.1, 0.15) is 39.9 Å². The van der Waals surface area contributed by atoms with E-state index in [1.807, 2.05) is 4.90 Å². The van der Waals surface area contributed by atoms with E-state index in [-0.39, 0.29) is 55.4 Å². The zero-order valence-corrected chi connectivity index (χ0v) is 19.9. The summed E-state index contributed by atoms with van der Waals surface area (Å²) in [5.41, 5.74) is 1.09. The normalized spacial score (nSPS) is 20.2. The molecule has 37 heavy (non-hydrogen) atoms. The first kappa shape index (κ1) is 24.8. The van der Waals surface area contributed by atoms with Gasteiger partial charge in [0.2, 0.25) is 17.6 Å². The first-order valence-corrected chi connectivity index (χ1v) is 12.0. The second kappa shape index (κ2) is 9.87. The molecular formula is C25H27FN4O7. The number of nitrogens with one attached hydrogen (secondary N) is 2. The van der Waals surface area contributed by atoms with E-state index in [1.165, 1.54) is 4.90 Å². The summed E-state index contributed by atoms with van der Waals surface area (Å²) in [4.78, 5) is 40.1. The third-order valence-corrected chi connectivity index (χ3v) is 7.07. The third-order valence-electron chi connectivity index (χ3n) is 7.07. The number of ether oxygens (including phenoxy) is 1. The lowest BCUT2D eigenvalue weighted by molar-refractivity contribution is -0.136. The number of halogens is 1. The van der Waals surface area contributed by atoms with Gasteiger partial charge in [0, 0.05) is 61.5 Å². The standard InChI is InChI=1S/C25H27FN4O7/c26-20-14(21(32)23(34)22(33)16(20)11-29-6-8-37-9-7-29)10-27-17-3-1-2-13-15(17)12-30(25(13)36)18-4-5-19(31)28-24(18)35/h1-3,18,27,32-34H,4-12H2,(H,28,31,35). The molecule has 0 spiro atoms. The Labute approximate surface area is 211 Å². The fourth-order valence-electron chi connectivity index (χ4n) is 5.01. The number of anilines is 1. The van der Waals surface area contributed by atoms with Gasteiger partial charge in [-0.15, -0.1) is 0 Å². The molecule has 1 unspecified atom stereocenters. The summed E-state index contributed by atoms with van der Waals surface area (Å²) in [6, 6.07) is 4.18. The van der Waals surface area contributed by atoms with Crippen LogP contribution < -0.4 is 10.6 Å². The lowest BCUT2D eigenvalue weighted by Crippen LogP contribution is -2.52. The van der Waals surface area contributed by atoms with E-state index in [0.29, 0.717) is 43.1 Å². The SMILES string of the molecule is O=C1CCC(N2Cc3c(NCc4c(O)c(O)c(O)c(CN5CCOCC5)c4F)cccc3C2=O)C(=O)N1. The number of hydrogen-bond donors (Lipinski definition) is 5. The largest absolute Gasteiger partial charge is 0.504 e. The molecule has 11 nitrogen and oxygen atoms in total. The molecule has 196 valence electrons. The quantitative estimate of drug-likeness (QED) is 0.282. The van der Waals surface area contributed by atoms with Crippen LogP contribution in [-0.2, 0) is 34.0 Å². The third kappa shape index (κ3) is 4.53. The molecule has 0 aromatic heterocycles. The maximum absolute atomic E-state index is 15.5. The molecule has 3 heterocycles. The molecule has 2 fully saturated rings. The number of imide groups is 1. The molecule has 5 N–H and O–H groups in total. The molecule has 0 radical (unpaired) electrons. The summed E-state index contributed by atoms with van der Waals surface area (Å²) in [5, 5.41) is 36.3. The van der Waals surface area contributed by atoms with Gasteiger partial charge in [0.05, 0.1) is 18.8 Å². The molecule has 0 bridgehead atoms. The van der Waals surface area contributed by atoms with Crippen LogP contribution in [0.3, 0.4) is 0 Å². The van der Waals surface area contributed by atoms with Crippen molar-refractivity contribution in [2.24, 2.45) is 0 Å². The Morgan fingerprint density at radius 3 is 2.51 bits per heavy atom. The summed E-state index contributed by atoms with van der Waals surface area (Å²) < 4.78 is 20.8. The minimum absolute atomic E-state index is 0.0258. The highest BCUT2D eigenvalue weighted by molar-refractivity contribution is 6.06. The van der Waals surface area contributed by atoms with Gasteiger partial charge in [0.15, 0.2) is 11.5 Å². The molecule has 3 aliphatic rings. The highest BCUT2D eigenvalue weighted by atomic mass is 19.1. The number of phenols is 3. The molecule has 0 aliphatic carbocycles. The van der Waals surface area contributed by atoms with Crippen LogP contribution in [0.2, 0.25) is 0 Å². The summed E-state index contributed by atoms with van der Waals surface area (Å²) in [6.45, 7) is 1.89. The minimum atomic E-state index is -0.847. The number of phenolic OH excluding ortho intramolecular Hbond substituents is 3. The topological polar surface area (TPSA) is 152 Å². The predicted molar refractivity (Wildman–Crippen MR) is 127 cm³/mol. The Bertz CT molecular complexity index is 1280. The number of hydrogen-bond acceptors (Lipinski definition) is 9. The van der Waals surface area contributed by atoms with Gasteiger partial charge in [-0.1, -0.05) is 6.07 Å². The zero-order chi connectivity index (χ0) is 26.3. The van der Waals surface area contributed by atoms with Crippen molar-refractivity contribution in [1.29, 1.82) is 0 Å².